The molecule has 2 N–H and O–H groups in total. The van der Waals surface area contributed by atoms with Crippen LogP contribution in [0.5, 0.6) is 0 Å². The molecule has 4 nitrogen and oxygen atoms in total. The summed E-state index contributed by atoms with van der Waals surface area (Å²) in [4.78, 5) is 14.1. The molecule has 1 aliphatic carbocycles. The Hall–Kier alpha value is -0.0300. The zero-order valence-corrected chi connectivity index (χ0v) is 14.0. The van der Waals surface area contributed by atoms with Crippen LogP contribution in [0.3, 0.4) is 0 Å². The number of halogens is 2. The van der Waals surface area contributed by atoms with Gasteiger partial charge in [-0.1, -0.05) is 6.92 Å². The Morgan fingerprint density at radius 1 is 1.25 bits per heavy atom. The predicted octanol–water partition coefficient (Wildman–Crippen LogP) is 1.68. The summed E-state index contributed by atoms with van der Waals surface area (Å²) in [6.07, 6.45) is 5.34. The Labute approximate surface area is 135 Å². The number of carbonyl (C=O) groups is 1. The molecule has 20 heavy (non-hydrogen) atoms. The maximum Gasteiger partial charge on any atom is 0.233 e. The molecule has 1 atom stereocenters. The highest BCUT2D eigenvalue weighted by atomic mass is 35.5. The fourth-order valence-electron chi connectivity index (χ4n) is 2.53. The second-order valence-corrected chi connectivity index (χ2v) is 5.99. The normalized spacial score (nSPS) is 19.9. The average molecular weight is 326 g/mol. The van der Waals surface area contributed by atoms with E-state index in [0.29, 0.717) is 12.5 Å². The Morgan fingerprint density at radius 3 is 2.50 bits per heavy atom. The molecule has 0 spiro atoms. The van der Waals surface area contributed by atoms with E-state index in [1.54, 1.807) is 0 Å². The van der Waals surface area contributed by atoms with Crippen LogP contribution in [-0.4, -0.2) is 50.1 Å². The van der Waals surface area contributed by atoms with Crippen LogP contribution in [0.4, 0.5) is 0 Å². The van der Waals surface area contributed by atoms with E-state index < -0.39 is 0 Å². The van der Waals surface area contributed by atoms with Crippen molar-refractivity contribution in [2.24, 2.45) is 11.8 Å². The number of nitrogens with one attached hydrogen (secondary N) is 2. The highest BCUT2D eigenvalue weighted by Gasteiger charge is 2.20. The molecule has 0 aromatic heterocycles. The van der Waals surface area contributed by atoms with Gasteiger partial charge in [0.25, 0.3) is 0 Å². The van der Waals surface area contributed by atoms with Crippen LogP contribution in [-0.2, 0) is 4.79 Å². The van der Waals surface area contributed by atoms with Crippen molar-refractivity contribution in [3.05, 3.63) is 0 Å². The fourth-order valence-corrected chi connectivity index (χ4v) is 2.53. The number of carbonyl (C=O) groups excluding carboxylic acids is 1. The third-order valence-electron chi connectivity index (χ3n) is 3.83. The Morgan fingerprint density at radius 2 is 1.90 bits per heavy atom. The summed E-state index contributed by atoms with van der Waals surface area (Å²) in [7, 11) is 0. The number of amides is 1. The molecule has 2 fully saturated rings. The van der Waals surface area contributed by atoms with Gasteiger partial charge < -0.3 is 15.5 Å². The monoisotopic (exact) mass is 325 g/mol. The van der Waals surface area contributed by atoms with E-state index in [-0.39, 0.29) is 30.7 Å². The number of hydrogen-bond donors (Lipinski definition) is 2. The van der Waals surface area contributed by atoms with Crippen molar-refractivity contribution >= 4 is 30.7 Å². The van der Waals surface area contributed by atoms with Crippen molar-refractivity contribution in [3.8, 4) is 0 Å². The van der Waals surface area contributed by atoms with Crippen LogP contribution in [0.25, 0.3) is 0 Å². The highest BCUT2D eigenvalue weighted by molar-refractivity contribution is 5.85. The van der Waals surface area contributed by atoms with E-state index in [1.807, 2.05) is 0 Å². The Bertz CT molecular complexity index is 269. The van der Waals surface area contributed by atoms with E-state index in [2.05, 4.69) is 22.5 Å². The maximum absolute atomic E-state index is 11.6. The van der Waals surface area contributed by atoms with Crippen LogP contribution < -0.4 is 10.6 Å². The summed E-state index contributed by atoms with van der Waals surface area (Å²) in [6, 6.07) is 0. The zero-order chi connectivity index (χ0) is 12.8. The van der Waals surface area contributed by atoms with E-state index in [9.17, 15) is 4.79 Å². The summed E-state index contributed by atoms with van der Waals surface area (Å²) < 4.78 is 0. The minimum atomic E-state index is 0. The van der Waals surface area contributed by atoms with E-state index in [4.69, 9.17) is 0 Å². The topological polar surface area (TPSA) is 44.4 Å². The number of hydrogen-bond acceptors (Lipinski definition) is 3. The summed E-state index contributed by atoms with van der Waals surface area (Å²) >= 11 is 0. The first-order chi connectivity index (χ1) is 8.74. The summed E-state index contributed by atoms with van der Waals surface area (Å²) in [5.41, 5.74) is 0. The molecule has 120 valence electrons. The Balaban J connectivity index is 0.00000180. The van der Waals surface area contributed by atoms with Crippen molar-refractivity contribution in [1.29, 1.82) is 0 Å². The first-order valence-electron chi connectivity index (χ1n) is 7.44. The zero-order valence-electron chi connectivity index (χ0n) is 12.4. The van der Waals surface area contributed by atoms with Crippen molar-refractivity contribution < 1.29 is 4.79 Å². The van der Waals surface area contributed by atoms with Gasteiger partial charge in [-0.25, -0.2) is 0 Å². The van der Waals surface area contributed by atoms with Gasteiger partial charge in [-0.2, -0.15) is 0 Å². The van der Waals surface area contributed by atoms with E-state index in [1.165, 1.54) is 38.8 Å². The second-order valence-electron chi connectivity index (χ2n) is 5.99. The number of likely N-dealkylation sites (tertiary alicyclic amines) is 1. The van der Waals surface area contributed by atoms with Gasteiger partial charge in [0.05, 0.1) is 6.54 Å². The molecule has 1 amide bonds. The molecule has 6 heteroatoms. The van der Waals surface area contributed by atoms with Gasteiger partial charge in [-0.05, 0) is 57.2 Å². The van der Waals surface area contributed by atoms with Crippen molar-refractivity contribution in [3.63, 3.8) is 0 Å². The minimum Gasteiger partial charge on any atom is -0.355 e. The van der Waals surface area contributed by atoms with Crippen LogP contribution >= 0.6 is 24.8 Å². The molecule has 0 radical (unpaired) electrons. The summed E-state index contributed by atoms with van der Waals surface area (Å²) in [5, 5.41) is 6.24. The summed E-state index contributed by atoms with van der Waals surface area (Å²) in [6.45, 7) is 8.11. The maximum atomic E-state index is 11.6. The van der Waals surface area contributed by atoms with Gasteiger partial charge in [0, 0.05) is 13.1 Å². The number of rotatable bonds is 8. The van der Waals surface area contributed by atoms with E-state index in [0.717, 1.165) is 25.6 Å². The largest absolute Gasteiger partial charge is 0.355 e. The van der Waals surface area contributed by atoms with Crippen LogP contribution in [0.2, 0.25) is 0 Å². The van der Waals surface area contributed by atoms with Crippen molar-refractivity contribution in [2.45, 2.75) is 32.6 Å². The molecule has 1 heterocycles. The fraction of sp³-hybridized carbons (Fsp3) is 0.929. The molecular weight excluding hydrogens is 297 g/mol. The lowest BCUT2D eigenvalue weighted by Gasteiger charge is -2.20. The van der Waals surface area contributed by atoms with Crippen molar-refractivity contribution in [2.75, 3.05) is 39.3 Å². The van der Waals surface area contributed by atoms with Gasteiger partial charge in [-0.15, -0.1) is 24.8 Å². The predicted molar refractivity (Wildman–Crippen MR) is 87.9 cm³/mol. The molecule has 1 aliphatic heterocycles. The van der Waals surface area contributed by atoms with Gasteiger partial charge in [0.1, 0.15) is 0 Å². The average Bonchev–Trinajstić information content (AvgIpc) is 3.03. The molecule has 1 unspecified atom stereocenters. The minimum absolute atomic E-state index is 0. The first-order valence-corrected chi connectivity index (χ1v) is 7.44. The lowest BCUT2D eigenvalue weighted by Crippen LogP contribution is -2.39. The standard InChI is InChI=1S/C14H27N3O.2ClH/c1-12(11-17-6-2-3-7-17)8-16-14(18)10-15-9-13-4-5-13;;/h12-13,15H,2-11H2,1H3,(H,16,18);2*1H. The quantitative estimate of drug-likeness (QED) is 0.713. The van der Waals surface area contributed by atoms with Crippen molar-refractivity contribution in [1.82, 2.24) is 15.5 Å². The number of nitrogens with zero attached hydrogens (tertiary/aromatic N) is 1. The second kappa shape index (κ2) is 10.7. The van der Waals surface area contributed by atoms with E-state index >= 15 is 0 Å². The van der Waals surface area contributed by atoms with Gasteiger partial charge >= 0.3 is 0 Å². The van der Waals surface area contributed by atoms with Gasteiger partial charge in [0.2, 0.25) is 5.91 Å². The summed E-state index contributed by atoms with van der Waals surface area (Å²) in [5.74, 6) is 1.53. The van der Waals surface area contributed by atoms with Gasteiger partial charge in [-0.3, -0.25) is 4.79 Å². The molecule has 2 aliphatic rings. The third kappa shape index (κ3) is 8.30. The smallest absolute Gasteiger partial charge is 0.233 e. The molecule has 1 saturated carbocycles. The van der Waals surface area contributed by atoms with Gasteiger partial charge in [0.15, 0.2) is 0 Å². The molecule has 1 saturated heterocycles. The lowest BCUT2D eigenvalue weighted by molar-refractivity contribution is -0.120. The molecular formula is C14H29Cl2N3O. The Kier molecular flexibility index (Phi) is 10.6. The molecule has 0 bridgehead atoms. The lowest BCUT2D eigenvalue weighted by atomic mass is 10.1. The molecule has 0 aromatic carbocycles. The van der Waals surface area contributed by atoms with Crippen LogP contribution in [0, 0.1) is 11.8 Å². The third-order valence-corrected chi connectivity index (χ3v) is 3.83. The highest BCUT2D eigenvalue weighted by Crippen LogP contribution is 2.27. The SMILES string of the molecule is CC(CNC(=O)CNCC1CC1)CN1CCCC1.Cl.Cl. The molecule has 0 aromatic rings. The van der Waals surface area contributed by atoms with Crippen LogP contribution in [0.1, 0.15) is 32.6 Å². The first kappa shape index (κ1) is 20.0. The van der Waals surface area contributed by atoms with Crippen LogP contribution in [0.15, 0.2) is 0 Å². The molecule has 2 rings (SSSR count).